The Bertz CT molecular complexity index is 646. The van der Waals surface area contributed by atoms with Gasteiger partial charge in [-0.2, -0.15) is 0 Å². The molecule has 0 bridgehead atoms. The van der Waals surface area contributed by atoms with Crippen molar-refractivity contribution < 1.29 is 4.79 Å². The fraction of sp³-hybridized carbons (Fsp3) is 0.474. The quantitative estimate of drug-likeness (QED) is 0.810. The summed E-state index contributed by atoms with van der Waals surface area (Å²) in [6.07, 6.45) is 2.99. The van der Waals surface area contributed by atoms with E-state index in [-0.39, 0.29) is 5.91 Å². The number of aromatic amines is 1. The third-order valence-electron chi connectivity index (χ3n) is 4.19. The van der Waals surface area contributed by atoms with Gasteiger partial charge in [-0.05, 0) is 39.9 Å². The van der Waals surface area contributed by atoms with Gasteiger partial charge in [-0.15, -0.1) is 0 Å². The Morgan fingerprint density at radius 2 is 1.83 bits per heavy atom. The van der Waals surface area contributed by atoms with Crippen LogP contribution in [0.2, 0.25) is 0 Å². The summed E-state index contributed by atoms with van der Waals surface area (Å²) >= 11 is 0. The smallest absolute Gasteiger partial charge is 0.223 e. The van der Waals surface area contributed by atoms with Crippen molar-refractivity contribution in [1.82, 2.24) is 19.8 Å². The number of amides is 1. The van der Waals surface area contributed by atoms with Gasteiger partial charge in [0.05, 0.1) is 18.6 Å². The van der Waals surface area contributed by atoms with Crippen LogP contribution in [0.1, 0.15) is 28.9 Å². The lowest BCUT2D eigenvalue weighted by molar-refractivity contribution is -0.132. The van der Waals surface area contributed by atoms with Gasteiger partial charge < -0.3 is 14.8 Å². The van der Waals surface area contributed by atoms with Crippen LogP contribution in [-0.4, -0.2) is 52.9 Å². The first-order chi connectivity index (χ1) is 11.5. The molecule has 2 aromatic rings. The molecule has 1 N–H and O–H groups in total. The standard InChI is InChI=1S/C19H28N4O/c1-15-5-7-17(8-6-15)9-10-19(24)23(12-11-22(3)4)13-18-16(2)20-14-21-18/h5-8,14H,9-13H2,1-4H3,(H,20,21). The number of H-pyrrole nitrogens is 1. The van der Waals surface area contributed by atoms with Crippen LogP contribution in [0.15, 0.2) is 30.6 Å². The zero-order chi connectivity index (χ0) is 17.5. The predicted octanol–water partition coefficient (Wildman–Crippen LogP) is 2.55. The average Bonchev–Trinajstić information content (AvgIpc) is 2.95. The van der Waals surface area contributed by atoms with E-state index in [0.717, 1.165) is 24.4 Å². The molecule has 2 rings (SSSR count). The van der Waals surface area contributed by atoms with Gasteiger partial charge in [-0.3, -0.25) is 4.79 Å². The van der Waals surface area contributed by atoms with E-state index in [9.17, 15) is 4.79 Å². The summed E-state index contributed by atoms with van der Waals surface area (Å²) in [5.74, 6) is 0.180. The zero-order valence-corrected chi connectivity index (χ0v) is 15.2. The molecule has 0 radical (unpaired) electrons. The van der Waals surface area contributed by atoms with Crippen LogP contribution in [0.4, 0.5) is 0 Å². The Labute approximate surface area is 144 Å². The lowest BCUT2D eigenvalue weighted by atomic mass is 10.1. The number of likely N-dealkylation sites (N-methyl/N-ethyl adjacent to an activating group) is 1. The molecule has 5 heteroatoms. The molecule has 0 aliphatic carbocycles. The number of hydrogen-bond acceptors (Lipinski definition) is 3. The highest BCUT2D eigenvalue weighted by Crippen LogP contribution is 2.11. The monoisotopic (exact) mass is 328 g/mol. The predicted molar refractivity (Wildman–Crippen MR) is 96.8 cm³/mol. The van der Waals surface area contributed by atoms with E-state index in [0.29, 0.717) is 19.5 Å². The second kappa shape index (κ2) is 8.64. The van der Waals surface area contributed by atoms with E-state index in [1.54, 1.807) is 6.33 Å². The Kier molecular flexibility index (Phi) is 6.55. The summed E-state index contributed by atoms with van der Waals surface area (Å²) in [5.41, 5.74) is 4.41. The minimum Gasteiger partial charge on any atom is -0.348 e. The molecular weight excluding hydrogens is 300 g/mol. The number of hydrogen-bond donors (Lipinski definition) is 1. The molecule has 0 unspecified atom stereocenters. The lowest BCUT2D eigenvalue weighted by Gasteiger charge is -2.24. The van der Waals surface area contributed by atoms with E-state index in [4.69, 9.17) is 0 Å². The maximum Gasteiger partial charge on any atom is 0.223 e. The van der Waals surface area contributed by atoms with Crippen molar-refractivity contribution in [3.63, 3.8) is 0 Å². The maximum absolute atomic E-state index is 12.7. The maximum atomic E-state index is 12.7. The summed E-state index contributed by atoms with van der Waals surface area (Å²) in [7, 11) is 4.05. The normalized spacial score (nSPS) is 11.0. The van der Waals surface area contributed by atoms with Crippen LogP contribution < -0.4 is 0 Å². The van der Waals surface area contributed by atoms with Gasteiger partial charge in [0.15, 0.2) is 0 Å². The zero-order valence-electron chi connectivity index (χ0n) is 15.2. The summed E-state index contributed by atoms with van der Waals surface area (Å²) in [6, 6.07) is 8.39. The number of carbonyl (C=O) groups is 1. The van der Waals surface area contributed by atoms with E-state index >= 15 is 0 Å². The van der Waals surface area contributed by atoms with Crippen LogP contribution in [0.25, 0.3) is 0 Å². The van der Waals surface area contributed by atoms with Crippen molar-refractivity contribution in [2.75, 3.05) is 27.2 Å². The molecule has 0 saturated carbocycles. The highest BCUT2D eigenvalue weighted by molar-refractivity contribution is 5.76. The van der Waals surface area contributed by atoms with Crippen LogP contribution in [0, 0.1) is 13.8 Å². The third kappa shape index (κ3) is 5.49. The van der Waals surface area contributed by atoms with Crippen LogP contribution in [0.5, 0.6) is 0 Å². The number of nitrogens with one attached hydrogen (secondary N) is 1. The molecular formula is C19H28N4O. The highest BCUT2D eigenvalue weighted by Gasteiger charge is 2.16. The largest absolute Gasteiger partial charge is 0.348 e. The molecule has 1 amide bonds. The van der Waals surface area contributed by atoms with Gasteiger partial charge >= 0.3 is 0 Å². The van der Waals surface area contributed by atoms with Gasteiger partial charge in [-0.25, -0.2) is 4.98 Å². The van der Waals surface area contributed by atoms with Gasteiger partial charge in [0.1, 0.15) is 0 Å². The lowest BCUT2D eigenvalue weighted by Crippen LogP contribution is -2.36. The summed E-state index contributed by atoms with van der Waals surface area (Å²) in [6.45, 7) is 6.19. The molecule has 1 aromatic carbocycles. The Hall–Kier alpha value is -2.14. The number of aryl methyl sites for hydroxylation is 3. The number of rotatable bonds is 8. The van der Waals surface area contributed by atoms with Crippen LogP contribution in [0.3, 0.4) is 0 Å². The third-order valence-corrected chi connectivity index (χ3v) is 4.19. The van der Waals surface area contributed by atoms with Crippen LogP contribution in [-0.2, 0) is 17.8 Å². The van der Waals surface area contributed by atoms with Crippen molar-refractivity contribution in [3.8, 4) is 0 Å². The first-order valence-corrected chi connectivity index (χ1v) is 8.42. The summed E-state index contributed by atoms with van der Waals surface area (Å²) < 4.78 is 0. The Morgan fingerprint density at radius 3 is 2.42 bits per heavy atom. The first kappa shape index (κ1) is 18.2. The van der Waals surface area contributed by atoms with Crippen LogP contribution >= 0.6 is 0 Å². The first-order valence-electron chi connectivity index (χ1n) is 8.42. The Morgan fingerprint density at radius 1 is 1.12 bits per heavy atom. The molecule has 0 saturated heterocycles. The molecule has 0 aliphatic rings. The molecule has 0 spiro atoms. The second-order valence-corrected chi connectivity index (χ2v) is 6.58. The Balaban J connectivity index is 1.97. The fourth-order valence-electron chi connectivity index (χ4n) is 2.50. The topological polar surface area (TPSA) is 52.2 Å². The second-order valence-electron chi connectivity index (χ2n) is 6.58. The fourth-order valence-corrected chi connectivity index (χ4v) is 2.50. The van der Waals surface area contributed by atoms with Gasteiger partial charge in [0.2, 0.25) is 5.91 Å². The summed E-state index contributed by atoms with van der Waals surface area (Å²) in [4.78, 5) is 24.1. The number of aromatic nitrogens is 2. The molecule has 24 heavy (non-hydrogen) atoms. The molecule has 130 valence electrons. The minimum absolute atomic E-state index is 0.180. The minimum atomic E-state index is 0.180. The molecule has 0 fully saturated rings. The van der Waals surface area contributed by atoms with E-state index in [1.807, 2.05) is 25.9 Å². The number of benzene rings is 1. The van der Waals surface area contributed by atoms with Crippen molar-refractivity contribution >= 4 is 5.91 Å². The molecule has 1 aromatic heterocycles. The van der Waals surface area contributed by atoms with E-state index in [2.05, 4.69) is 46.1 Å². The SMILES string of the molecule is Cc1ccc(CCC(=O)N(CCN(C)C)Cc2nc[nH]c2C)cc1. The van der Waals surface area contributed by atoms with Gasteiger partial charge in [0, 0.05) is 25.2 Å². The molecule has 1 heterocycles. The van der Waals surface area contributed by atoms with E-state index in [1.165, 1.54) is 11.1 Å². The average molecular weight is 328 g/mol. The number of imidazole rings is 1. The van der Waals surface area contributed by atoms with Crippen molar-refractivity contribution in [3.05, 3.63) is 53.1 Å². The van der Waals surface area contributed by atoms with Gasteiger partial charge in [0.25, 0.3) is 0 Å². The number of carbonyl (C=O) groups excluding carboxylic acids is 1. The molecule has 5 nitrogen and oxygen atoms in total. The molecule has 0 aliphatic heterocycles. The molecule has 0 atom stereocenters. The number of nitrogens with zero attached hydrogens (tertiary/aromatic N) is 3. The van der Waals surface area contributed by atoms with Crippen molar-refractivity contribution in [1.29, 1.82) is 0 Å². The highest BCUT2D eigenvalue weighted by atomic mass is 16.2. The van der Waals surface area contributed by atoms with Crippen molar-refractivity contribution in [2.45, 2.75) is 33.2 Å². The van der Waals surface area contributed by atoms with Gasteiger partial charge in [-0.1, -0.05) is 29.8 Å². The summed E-state index contributed by atoms with van der Waals surface area (Å²) in [5, 5.41) is 0. The van der Waals surface area contributed by atoms with E-state index < -0.39 is 0 Å². The van der Waals surface area contributed by atoms with Crippen molar-refractivity contribution in [2.24, 2.45) is 0 Å².